The molecule has 0 amide bonds. The van der Waals surface area contributed by atoms with Gasteiger partial charge in [0.15, 0.2) is 0 Å². The summed E-state index contributed by atoms with van der Waals surface area (Å²) in [6, 6.07) is 0. The van der Waals surface area contributed by atoms with Gasteiger partial charge in [-0.25, -0.2) is 0 Å². The van der Waals surface area contributed by atoms with Crippen molar-refractivity contribution in [3.63, 3.8) is 0 Å². The monoisotopic (exact) mass is 234 g/mol. The summed E-state index contributed by atoms with van der Waals surface area (Å²) in [5.41, 5.74) is 0. The Bertz CT molecular complexity index is 254. The third kappa shape index (κ3) is 2.84. The molecular formula is C10H15ClO4. The molecule has 3 atom stereocenters. The zero-order chi connectivity index (χ0) is 11.4. The van der Waals surface area contributed by atoms with Crippen LogP contribution in [0.5, 0.6) is 0 Å². The van der Waals surface area contributed by atoms with Gasteiger partial charge in [-0.2, -0.15) is 0 Å². The number of esters is 1. The Hall–Kier alpha value is -0.770. The van der Waals surface area contributed by atoms with Crippen LogP contribution in [-0.2, 0) is 18.6 Å². The average Bonchev–Trinajstić information content (AvgIpc) is 2.26. The molecule has 0 aromatic rings. The van der Waals surface area contributed by atoms with Crippen LogP contribution in [0.15, 0.2) is 0 Å². The predicted octanol–water partition coefficient (Wildman–Crippen LogP) is 1.91. The third-order valence-corrected chi connectivity index (χ3v) is 3.23. The van der Waals surface area contributed by atoms with Crippen molar-refractivity contribution in [2.24, 2.45) is 17.8 Å². The van der Waals surface area contributed by atoms with Crippen LogP contribution in [-0.4, -0.2) is 19.0 Å². The first kappa shape index (κ1) is 12.3. The van der Waals surface area contributed by atoms with E-state index < -0.39 is 5.97 Å². The van der Waals surface area contributed by atoms with Crippen LogP contribution in [0.25, 0.3) is 0 Å². The minimum Gasteiger partial charge on any atom is -0.469 e. The number of hydrogen-bond acceptors (Lipinski definition) is 4. The molecular weight excluding hydrogens is 220 g/mol. The van der Waals surface area contributed by atoms with E-state index >= 15 is 0 Å². The molecule has 1 rings (SSSR count). The highest BCUT2D eigenvalue weighted by Gasteiger charge is 2.36. The fourth-order valence-electron chi connectivity index (χ4n) is 2.17. The predicted molar refractivity (Wildman–Crippen MR) is 54.0 cm³/mol. The largest absolute Gasteiger partial charge is 0.469 e. The number of ether oxygens (including phenoxy) is 1. The third-order valence-electron chi connectivity index (χ3n) is 3.08. The van der Waals surface area contributed by atoms with Crippen molar-refractivity contribution < 1.29 is 18.6 Å². The molecule has 0 aromatic carbocycles. The number of hydrogen-bond donors (Lipinski definition) is 0. The topological polar surface area (TPSA) is 52.6 Å². The molecule has 4 nitrogen and oxygen atoms in total. The molecule has 0 bridgehead atoms. The Morgan fingerprint density at radius 2 is 1.93 bits per heavy atom. The zero-order valence-electron chi connectivity index (χ0n) is 8.86. The van der Waals surface area contributed by atoms with Crippen molar-refractivity contribution in [2.75, 3.05) is 7.11 Å². The van der Waals surface area contributed by atoms with Crippen LogP contribution in [0, 0.1) is 17.8 Å². The van der Waals surface area contributed by atoms with Gasteiger partial charge in [-0.1, -0.05) is 6.92 Å². The van der Waals surface area contributed by atoms with E-state index in [1.807, 2.05) is 6.92 Å². The molecule has 15 heavy (non-hydrogen) atoms. The summed E-state index contributed by atoms with van der Waals surface area (Å²) >= 11 is 5.02. The van der Waals surface area contributed by atoms with Gasteiger partial charge in [-0.3, -0.25) is 9.59 Å². The standard InChI is InChI=1S/C10H15ClO4/c1-6-5-7(9(12)15-11)3-4-8(6)10(13)14-2/h6-8H,3-5H2,1-2H3. The molecule has 0 spiro atoms. The number of carbonyl (C=O) groups is 2. The number of rotatable bonds is 2. The minimum absolute atomic E-state index is 0.102. The van der Waals surface area contributed by atoms with Gasteiger partial charge in [0, 0.05) is 0 Å². The molecule has 5 heteroatoms. The zero-order valence-corrected chi connectivity index (χ0v) is 9.62. The van der Waals surface area contributed by atoms with Gasteiger partial charge in [0.2, 0.25) is 0 Å². The second-order valence-corrected chi connectivity index (χ2v) is 4.17. The lowest BCUT2D eigenvalue weighted by atomic mass is 9.75. The smallest absolute Gasteiger partial charge is 0.327 e. The second-order valence-electron chi connectivity index (χ2n) is 4.01. The van der Waals surface area contributed by atoms with E-state index in [1.54, 1.807) is 0 Å². The normalized spacial score (nSPS) is 30.7. The van der Waals surface area contributed by atoms with E-state index in [0.717, 1.165) is 0 Å². The number of carbonyl (C=O) groups excluding carboxylic acids is 2. The first-order valence-corrected chi connectivity index (χ1v) is 5.31. The molecule has 1 saturated carbocycles. The van der Waals surface area contributed by atoms with Gasteiger partial charge in [0.25, 0.3) is 0 Å². The molecule has 1 aliphatic rings. The molecule has 0 N–H and O–H groups in total. The van der Waals surface area contributed by atoms with Crippen molar-refractivity contribution in [3.05, 3.63) is 0 Å². The van der Waals surface area contributed by atoms with Crippen molar-refractivity contribution in [3.8, 4) is 0 Å². The Morgan fingerprint density at radius 3 is 2.40 bits per heavy atom. The summed E-state index contributed by atoms with van der Waals surface area (Å²) in [5, 5.41) is 0. The van der Waals surface area contributed by atoms with Gasteiger partial charge in [0.1, 0.15) is 11.9 Å². The van der Waals surface area contributed by atoms with Crippen LogP contribution in [0.3, 0.4) is 0 Å². The molecule has 0 aliphatic heterocycles. The fraction of sp³-hybridized carbons (Fsp3) is 0.800. The van der Waals surface area contributed by atoms with Crippen LogP contribution in [0.2, 0.25) is 0 Å². The Balaban J connectivity index is 2.55. The van der Waals surface area contributed by atoms with Crippen molar-refractivity contribution in [1.29, 1.82) is 0 Å². The molecule has 1 aliphatic carbocycles. The van der Waals surface area contributed by atoms with Gasteiger partial charge in [0.05, 0.1) is 18.9 Å². The summed E-state index contributed by atoms with van der Waals surface area (Å²) in [7, 11) is 1.38. The highest BCUT2D eigenvalue weighted by molar-refractivity contribution is 6.13. The van der Waals surface area contributed by atoms with E-state index in [4.69, 9.17) is 16.6 Å². The molecule has 1 fully saturated rings. The fourth-order valence-corrected chi connectivity index (χ4v) is 2.30. The second kappa shape index (κ2) is 5.35. The Kier molecular flexibility index (Phi) is 4.39. The Morgan fingerprint density at radius 1 is 1.27 bits per heavy atom. The maximum Gasteiger partial charge on any atom is 0.327 e. The van der Waals surface area contributed by atoms with E-state index in [1.165, 1.54) is 7.11 Å². The first-order chi connectivity index (χ1) is 7.10. The SMILES string of the molecule is COC(=O)C1CCC(C(=O)OCl)CC1C. The summed E-state index contributed by atoms with van der Waals surface area (Å²) in [6.45, 7) is 1.94. The van der Waals surface area contributed by atoms with Crippen molar-refractivity contribution in [1.82, 2.24) is 0 Å². The molecule has 0 saturated heterocycles. The van der Waals surface area contributed by atoms with Crippen LogP contribution >= 0.6 is 11.9 Å². The Labute approximate surface area is 94.0 Å². The van der Waals surface area contributed by atoms with Gasteiger partial charge in [-0.15, -0.1) is 0 Å². The van der Waals surface area contributed by atoms with E-state index in [2.05, 4.69) is 4.29 Å². The van der Waals surface area contributed by atoms with Crippen LogP contribution < -0.4 is 0 Å². The highest BCUT2D eigenvalue weighted by Crippen LogP contribution is 2.35. The molecule has 0 radical (unpaired) electrons. The number of methoxy groups -OCH3 is 1. The quantitative estimate of drug-likeness (QED) is 0.685. The highest BCUT2D eigenvalue weighted by atomic mass is 35.5. The van der Waals surface area contributed by atoms with Gasteiger partial charge < -0.3 is 9.03 Å². The summed E-state index contributed by atoms with van der Waals surface area (Å²) in [5.74, 6) is -0.744. The van der Waals surface area contributed by atoms with Crippen molar-refractivity contribution in [2.45, 2.75) is 26.2 Å². The maximum atomic E-state index is 11.4. The maximum absolute atomic E-state index is 11.4. The molecule has 0 aromatic heterocycles. The van der Waals surface area contributed by atoms with Crippen LogP contribution in [0.1, 0.15) is 26.2 Å². The first-order valence-electron chi connectivity index (χ1n) is 5.00. The minimum atomic E-state index is -0.396. The molecule has 86 valence electrons. The van der Waals surface area contributed by atoms with Crippen molar-refractivity contribution >= 4 is 23.8 Å². The molecule has 3 unspecified atom stereocenters. The lowest BCUT2D eigenvalue weighted by Crippen LogP contribution is -2.32. The van der Waals surface area contributed by atoms with Crippen LogP contribution in [0.4, 0.5) is 0 Å². The summed E-state index contributed by atoms with van der Waals surface area (Å²) < 4.78 is 8.88. The average molecular weight is 235 g/mol. The summed E-state index contributed by atoms with van der Waals surface area (Å²) in [6.07, 6.45) is 1.92. The summed E-state index contributed by atoms with van der Waals surface area (Å²) in [4.78, 5) is 22.5. The molecule has 0 heterocycles. The number of halogens is 1. The lowest BCUT2D eigenvalue weighted by Gasteiger charge is -2.30. The van der Waals surface area contributed by atoms with E-state index in [0.29, 0.717) is 19.3 Å². The van der Waals surface area contributed by atoms with Gasteiger partial charge in [-0.05, 0) is 25.2 Å². The van der Waals surface area contributed by atoms with E-state index in [-0.39, 0.29) is 23.7 Å². The van der Waals surface area contributed by atoms with Gasteiger partial charge >= 0.3 is 11.9 Å². The lowest BCUT2D eigenvalue weighted by molar-refractivity contribution is -0.151. The van der Waals surface area contributed by atoms with E-state index in [9.17, 15) is 9.59 Å².